The fourth-order valence-electron chi connectivity index (χ4n) is 2.65. The Labute approximate surface area is 91.2 Å². The standard InChI is InChI=1S/C12H21NO2/c1-7(2)11(6-14)13-12(15)10-4-8-3-9(8)5-10/h7-11,14H,3-6H2,1-2H3,(H,13,15)/t8?,9?,10?,11-/m1/s1. The maximum absolute atomic E-state index is 11.9. The van der Waals surface area contributed by atoms with Gasteiger partial charge in [0.25, 0.3) is 0 Å². The number of carbonyl (C=O) groups is 1. The predicted molar refractivity (Wildman–Crippen MR) is 58.2 cm³/mol. The van der Waals surface area contributed by atoms with Crippen molar-refractivity contribution in [1.29, 1.82) is 0 Å². The lowest BCUT2D eigenvalue weighted by Crippen LogP contribution is -2.43. The van der Waals surface area contributed by atoms with Crippen molar-refractivity contribution in [2.45, 2.75) is 39.2 Å². The first kappa shape index (κ1) is 10.9. The monoisotopic (exact) mass is 211 g/mol. The highest BCUT2D eigenvalue weighted by Crippen LogP contribution is 2.54. The predicted octanol–water partition coefficient (Wildman–Crippen LogP) is 1.17. The number of nitrogens with one attached hydrogen (secondary N) is 1. The van der Waals surface area contributed by atoms with Crippen molar-refractivity contribution in [3.05, 3.63) is 0 Å². The van der Waals surface area contributed by atoms with E-state index in [9.17, 15) is 4.79 Å². The number of hydrogen-bond acceptors (Lipinski definition) is 2. The van der Waals surface area contributed by atoms with E-state index in [1.165, 1.54) is 6.42 Å². The lowest BCUT2D eigenvalue weighted by Gasteiger charge is -2.22. The molecular formula is C12H21NO2. The van der Waals surface area contributed by atoms with Gasteiger partial charge in [0, 0.05) is 5.92 Å². The molecule has 2 N–H and O–H groups in total. The van der Waals surface area contributed by atoms with Gasteiger partial charge in [-0.25, -0.2) is 0 Å². The molecule has 0 aliphatic heterocycles. The van der Waals surface area contributed by atoms with Gasteiger partial charge < -0.3 is 10.4 Å². The van der Waals surface area contributed by atoms with Gasteiger partial charge >= 0.3 is 0 Å². The summed E-state index contributed by atoms with van der Waals surface area (Å²) >= 11 is 0. The third-order valence-corrected chi connectivity index (χ3v) is 3.94. The van der Waals surface area contributed by atoms with Gasteiger partial charge in [-0.2, -0.15) is 0 Å². The van der Waals surface area contributed by atoms with Gasteiger partial charge in [-0.3, -0.25) is 4.79 Å². The number of fused-ring (bicyclic) bond motifs is 1. The van der Waals surface area contributed by atoms with Gasteiger partial charge in [0.05, 0.1) is 12.6 Å². The van der Waals surface area contributed by atoms with Crippen molar-refractivity contribution < 1.29 is 9.90 Å². The van der Waals surface area contributed by atoms with Crippen molar-refractivity contribution in [2.24, 2.45) is 23.7 Å². The van der Waals surface area contributed by atoms with Gasteiger partial charge in [-0.1, -0.05) is 13.8 Å². The summed E-state index contributed by atoms with van der Waals surface area (Å²) in [5, 5.41) is 12.1. The van der Waals surface area contributed by atoms with E-state index in [-0.39, 0.29) is 24.5 Å². The summed E-state index contributed by atoms with van der Waals surface area (Å²) in [5.74, 6) is 2.37. The topological polar surface area (TPSA) is 49.3 Å². The molecule has 3 heteroatoms. The van der Waals surface area contributed by atoms with Gasteiger partial charge in [0.2, 0.25) is 5.91 Å². The van der Waals surface area contributed by atoms with E-state index in [0.717, 1.165) is 24.7 Å². The highest BCUT2D eigenvalue weighted by Gasteiger charge is 2.48. The normalized spacial score (nSPS) is 35.1. The minimum atomic E-state index is -0.0746. The lowest BCUT2D eigenvalue weighted by atomic mass is 10.00. The molecule has 0 radical (unpaired) electrons. The summed E-state index contributed by atoms with van der Waals surface area (Å²) in [4.78, 5) is 11.9. The summed E-state index contributed by atoms with van der Waals surface area (Å²) in [5.41, 5.74) is 0. The molecule has 3 nitrogen and oxygen atoms in total. The van der Waals surface area contributed by atoms with Crippen molar-refractivity contribution >= 4 is 5.91 Å². The highest BCUT2D eigenvalue weighted by molar-refractivity contribution is 5.79. The van der Waals surface area contributed by atoms with Crippen LogP contribution in [0.5, 0.6) is 0 Å². The molecule has 2 saturated carbocycles. The van der Waals surface area contributed by atoms with Crippen LogP contribution in [0.4, 0.5) is 0 Å². The zero-order valence-electron chi connectivity index (χ0n) is 9.57. The number of rotatable bonds is 4. The molecule has 0 aromatic rings. The fraction of sp³-hybridized carbons (Fsp3) is 0.917. The van der Waals surface area contributed by atoms with E-state index in [0.29, 0.717) is 5.92 Å². The lowest BCUT2D eigenvalue weighted by molar-refractivity contribution is -0.126. The molecule has 0 spiro atoms. The molecule has 2 fully saturated rings. The van der Waals surface area contributed by atoms with Crippen LogP contribution in [0.3, 0.4) is 0 Å². The van der Waals surface area contributed by atoms with Crippen LogP contribution >= 0.6 is 0 Å². The maximum atomic E-state index is 11.9. The summed E-state index contributed by atoms with van der Waals surface area (Å²) in [6.45, 7) is 4.09. The van der Waals surface area contributed by atoms with Crippen molar-refractivity contribution in [3.63, 3.8) is 0 Å². The number of hydrogen-bond donors (Lipinski definition) is 2. The Morgan fingerprint density at radius 1 is 1.33 bits per heavy atom. The van der Waals surface area contributed by atoms with Crippen molar-refractivity contribution in [3.8, 4) is 0 Å². The summed E-state index contributed by atoms with van der Waals surface area (Å²) in [7, 11) is 0. The third-order valence-electron chi connectivity index (χ3n) is 3.94. The summed E-state index contributed by atoms with van der Waals surface area (Å²) < 4.78 is 0. The molecule has 2 rings (SSSR count). The average Bonchev–Trinajstić information content (AvgIpc) is 2.81. The van der Waals surface area contributed by atoms with Crippen molar-refractivity contribution in [2.75, 3.05) is 6.61 Å². The molecule has 2 aliphatic rings. The first-order valence-corrected chi connectivity index (χ1v) is 6.03. The minimum Gasteiger partial charge on any atom is -0.394 e. The van der Waals surface area contributed by atoms with Gasteiger partial charge in [-0.15, -0.1) is 0 Å². The van der Waals surface area contributed by atoms with Gasteiger partial charge in [-0.05, 0) is 37.0 Å². The molecule has 2 aliphatic carbocycles. The molecule has 0 aromatic carbocycles. The highest BCUT2D eigenvalue weighted by atomic mass is 16.3. The Balaban J connectivity index is 1.80. The second-order valence-corrected chi connectivity index (χ2v) is 5.47. The van der Waals surface area contributed by atoms with Crippen LogP contribution in [0.15, 0.2) is 0 Å². The van der Waals surface area contributed by atoms with Crippen LogP contribution in [0.2, 0.25) is 0 Å². The van der Waals surface area contributed by atoms with Crippen LogP contribution in [-0.2, 0) is 4.79 Å². The quantitative estimate of drug-likeness (QED) is 0.733. The largest absolute Gasteiger partial charge is 0.394 e. The molecule has 0 saturated heterocycles. The van der Waals surface area contributed by atoms with E-state index in [2.05, 4.69) is 5.32 Å². The van der Waals surface area contributed by atoms with Gasteiger partial charge in [0.15, 0.2) is 0 Å². The smallest absolute Gasteiger partial charge is 0.223 e. The van der Waals surface area contributed by atoms with Crippen LogP contribution in [0, 0.1) is 23.7 Å². The summed E-state index contributed by atoms with van der Waals surface area (Å²) in [6, 6.07) is -0.0746. The third kappa shape index (κ3) is 2.33. The molecule has 0 aromatic heterocycles. The molecule has 0 bridgehead atoms. The Bertz CT molecular complexity index is 242. The van der Waals surface area contributed by atoms with E-state index in [4.69, 9.17) is 5.11 Å². The Morgan fingerprint density at radius 3 is 2.40 bits per heavy atom. The van der Waals surface area contributed by atoms with E-state index in [1.54, 1.807) is 0 Å². The number of aliphatic hydroxyl groups is 1. The van der Waals surface area contributed by atoms with E-state index in [1.807, 2.05) is 13.8 Å². The fourth-order valence-corrected chi connectivity index (χ4v) is 2.65. The van der Waals surface area contributed by atoms with Crippen molar-refractivity contribution in [1.82, 2.24) is 5.32 Å². The second kappa shape index (κ2) is 4.12. The summed E-state index contributed by atoms with van der Waals surface area (Å²) in [6.07, 6.45) is 3.50. The SMILES string of the molecule is CC(C)[C@@H](CO)NC(=O)C1CC2CC2C1. The second-order valence-electron chi connectivity index (χ2n) is 5.47. The molecule has 2 unspecified atom stereocenters. The zero-order chi connectivity index (χ0) is 11.0. The molecule has 15 heavy (non-hydrogen) atoms. The van der Waals surface area contributed by atoms with E-state index >= 15 is 0 Å². The number of carbonyl (C=O) groups excluding carboxylic acids is 1. The average molecular weight is 211 g/mol. The number of aliphatic hydroxyl groups excluding tert-OH is 1. The zero-order valence-corrected chi connectivity index (χ0v) is 9.57. The molecule has 3 atom stereocenters. The first-order valence-electron chi connectivity index (χ1n) is 6.03. The molecule has 1 amide bonds. The Hall–Kier alpha value is -0.570. The van der Waals surface area contributed by atoms with Crippen LogP contribution in [0.1, 0.15) is 33.1 Å². The van der Waals surface area contributed by atoms with Gasteiger partial charge in [0.1, 0.15) is 0 Å². The minimum absolute atomic E-state index is 0.0446. The number of amides is 1. The maximum Gasteiger partial charge on any atom is 0.223 e. The molecule has 0 heterocycles. The van der Waals surface area contributed by atoms with E-state index < -0.39 is 0 Å². The van der Waals surface area contributed by atoms with Crippen LogP contribution in [-0.4, -0.2) is 23.7 Å². The molecule has 86 valence electrons. The molecular weight excluding hydrogens is 190 g/mol. The first-order chi connectivity index (χ1) is 7.11. The van der Waals surface area contributed by atoms with Crippen LogP contribution < -0.4 is 5.32 Å². The Kier molecular flexibility index (Phi) is 3.01. The Morgan fingerprint density at radius 2 is 1.93 bits per heavy atom. The van der Waals surface area contributed by atoms with Crippen LogP contribution in [0.25, 0.3) is 0 Å².